The third-order valence-corrected chi connectivity index (χ3v) is 6.97. The molecule has 0 spiro atoms. The van der Waals surface area contributed by atoms with Crippen LogP contribution in [0, 0.1) is 0 Å². The number of hydrogen-bond acceptors (Lipinski definition) is 5. The minimum Gasteiger partial charge on any atom is -0.504 e. The largest absolute Gasteiger partial charge is 0.504 e. The lowest BCUT2D eigenvalue weighted by atomic mass is 9.94. The van der Waals surface area contributed by atoms with E-state index >= 15 is 0 Å². The van der Waals surface area contributed by atoms with Gasteiger partial charge in [-0.2, -0.15) is 0 Å². The number of aromatic hydroxyl groups is 1. The zero-order chi connectivity index (χ0) is 15.8. The summed E-state index contributed by atoms with van der Waals surface area (Å²) < 4.78 is 25.5. The fraction of sp³-hybridized carbons (Fsp3) is 0.571. The van der Waals surface area contributed by atoms with Crippen LogP contribution in [0.3, 0.4) is 0 Å². The van der Waals surface area contributed by atoms with Gasteiger partial charge in [-0.15, -0.1) is 0 Å². The molecule has 2 rings (SSSR count). The smallest absolute Gasteiger partial charge is 0.186 e. The third kappa shape index (κ3) is 3.12. The lowest BCUT2D eigenvalue weighted by Gasteiger charge is -2.32. The summed E-state index contributed by atoms with van der Waals surface area (Å²) in [7, 11) is 0.325. The van der Waals surface area contributed by atoms with Crippen LogP contribution in [0.25, 0.3) is 0 Å². The molecule has 0 heterocycles. The summed E-state index contributed by atoms with van der Waals surface area (Å²) in [6.45, 7) is 0. The van der Waals surface area contributed by atoms with Crippen molar-refractivity contribution >= 4 is 27.1 Å². The Morgan fingerprint density at radius 1 is 1.24 bits per heavy atom. The Hall–Kier alpha value is -0.980. The van der Waals surface area contributed by atoms with Gasteiger partial charge >= 0.3 is 0 Å². The van der Waals surface area contributed by atoms with Crippen molar-refractivity contribution in [1.29, 1.82) is 0 Å². The number of phenols is 1. The van der Waals surface area contributed by atoms with Crippen LogP contribution in [0.2, 0.25) is 5.02 Å². The zero-order valence-electron chi connectivity index (χ0n) is 12.2. The van der Waals surface area contributed by atoms with E-state index in [4.69, 9.17) is 17.3 Å². The Labute approximate surface area is 130 Å². The van der Waals surface area contributed by atoms with E-state index in [2.05, 4.69) is 4.90 Å². The Morgan fingerprint density at radius 3 is 2.33 bits per heavy atom. The predicted molar refractivity (Wildman–Crippen MR) is 84.4 cm³/mol. The highest BCUT2D eigenvalue weighted by atomic mass is 35.5. The van der Waals surface area contributed by atoms with E-state index in [0.717, 1.165) is 12.8 Å². The van der Waals surface area contributed by atoms with Gasteiger partial charge < -0.3 is 15.7 Å². The normalized spacial score (nSPS) is 23.4. The van der Waals surface area contributed by atoms with Crippen LogP contribution in [0.15, 0.2) is 17.0 Å². The molecule has 5 nitrogen and oxygen atoms in total. The standard InChI is InChI=1S/C14H21ClN2O3S/c1-17(2)9-3-5-10(6-4-9)21(19,20)14-11(15)7-8-12(16)13(14)18/h7-10,18H,3-6,16H2,1-2H3. The molecule has 3 N–H and O–H groups in total. The average Bonchev–Trinajstić information content (AvgIpc) is 2.43. The van der Waals surface area contributed by atoms with Crippen molar-refractivity contribution in [3.8, 4) is 5.75 Å². The second-order valence-corrected chi connectivity index (χ2v) is 8.33. The predicted octanol–water partition coefficient (Wildman–Crippen LogP) is 2.27. The summed E-state index contributed by atoms with van der Waals surface area (Å²) in [5.74, 6) is -0.433. The number of nitrogens with zero attached hydrogens (tertiary/aromatic N) is 1. The van der Waals surface area contributed by atoms with Crippen molar-refractivity contribution in [1.82, 2.24) is 4.90 Å². The second kappa shape index (κ2) is 6.02. The number of rotatable bonds is 3. The number of anilines is 1. The molecule has 0 aromatic heterocycles. The number of benzene rings is 1. The molecule has 21 heavy (non-hydrogen) atoms. The lowest BCUT2D eigenvalue weighted by molar-refractivity contribution is 0.230. The van der Waals surface area contributed by atoms with Crippen LogP contribution in [0.5, 0.6) is 5.75 Å². The SMILES string of the molecule is CN(C)C1CCC(S(=O)(=O)c2c(Cl)ccc(N)c2O)CC1. The summed E-state index contributed by atoms with van der Waals surface area (Å²) in [6, 6.07) is 3.22. The third-order valence-electron chi connectivity index (χ3n) is 4.21. The van der Waals surface area contributed by atoms with Crippen molar-refractivity contribution < 1.29 is 13.5 Å². The van der Waals surface area contributed by atoms with Crippen molar-refractivity contribution in [3.05, 3.63) is 17.2 Å². The van der Waals surface area contributed by atoms with Crippen LogP contribution in [0.1, 0.15) is 25.7 Å². The summed E-state index contributed by atoms with van der Waals surface area (Å²) in [6.07, 6.45) is 2.76. The molecule has 1 aliphatic rings. The molecular weight excluding hydrogens is 312 g/mol. The Balaban J connectivity index is 2.30. The molecule has 7 heteroatoms. The van der Waals surface area contributed by atoms with Gasteiger partial charge in [0.25, 0.3) is 0 Å². The monoisotopic (exact) mass is 332 g/mol. The van der Waals surface area contributed by atoms with Crippen LogP contribution in [0.4, 0.5) is 5.69 Å². The van der Waals surface area contributed by atoms with E-state index in [-0.39, 0.29) is 15.6 Å². The van der Waals surface area contributed by atoms with Gasteiger partial charge in [0, 0.05) is 6.04 Å². The molecule has 1 aromatic carbocycles. The quantitative estimate of drug-likeness (QED) is 0.655. The van der Waals surface area contributed by atoms with E-state index in [1.54, 1.807) is 0 Å². The number of hydrogen-bond donors (Lipinski definition) is 2. The molecule has 0 saturated heterocycles. The maximum absolute atomic E-state index is 12.7. The second-order valence-electron chi connectivity index (χ2n) is 5.75. The Bertz CT molecular complexity index is 623. The van der Waals surface area contributed by atoms with Gasteiger partial charge in [0.15, 0.2) is 15.6 Å². The molecule has 0 radical (unpaired) electrons. The van der Waals surface area contributed by atoms with Gasteiger partial charge in [-0.3, -0.25) is 0 Å². The fourth-order valence-corrected chi connectivity index (χ4v) is 5.30. The van der Waals surface area contributed by atoms with Gasteiger partial charge in [-0.05, 0) is 51.9 Å². The molecule has 0 atom stereocenters. The summed E-state index contributed by atoms with van der Waals surface area (Å²) in [5, 5.41) is 9.50. The van der Waals surface area contributed by atoms with Crippen molar-refractivity contribution in [2.75, 3.05) is 19.8 Å². The first-order valence-corrected chi connectivity index (χ1v) is 8.85. The molecule has 0 bridgehead atoms. The van der Waals surface area contributed by atoms with Crippen LogP contribution in [-0.2, 0) is 9.84 Å². The van der Waals surface area contributed by atoms with E-state index in [9.17, 15) is 13.5 Å². The number of nitrogen functional groups attached to an aromatic ring is 1. The molecule has 1 aliphatic carbocycles. The highest BCUT2D eigenvalue weighted by molar-refractivity contribution is 7.92. The minimum absolute atomic E-state index is 0.0245. The Kier molecular flexibility index (Phi) is 4.70. The topological polar surface area (TPSA) is 83.6 Å². The molecule has 1 fully saturated rings. The minimum atomic E-state index is -3.68. The first-order valence-electron chi connectivity index (χ1n) is 6.92. The van der Waals surface area contributed by atoms with E-state index < -0.39 is 20.8 Å². The number of phenolic OH excluding ortho intramolecular Hbond substituents is 1. The van der Waals surface area contributed by atoms with Gasteiger partial charge in [0.2, 0.25) is 0 Å². The zero-order valence-corrected chi connectivity index (χ0v) is 13.8. The number of nitrogens with two attached hydrogens (primary N) is 1. The summed E-state index contributed by atoms with van der Waals surface area (Å²) >= 11 is 5.98. The van der Waals surface area contributed by atoms with E-state index in [0.29, 0.717) is 18.9 Å². The van der Waals surface area contributed by atoms with E-state index in [1.165, 1.54) is 12.1 Å². The van der Waals surface area contributed by atoms with Crippen molar-refractivity contribution in [2.24, 2.45) is 0 Å². The van der Waals surface area contributed by atoms with Gasteiger partial charge in [-0.25, -0.2) is 8.42 Å². The molecular formula is C14H21ClN2O3S. The van der Waals surface area contributed by atoms with Gasteiger partial charge in [0.05, 0.1) is 16.0 Å². The number of sulfone groups is 1. The van der Waals surface area contributed by atoms with Crippen LogP contribution >= 0.6 is 11.6 Å². The van der Waals surface area contributed by atoms with Crippen molar-refractivity contribution in [3.63, 3.8) is 0 Å². The maximum Gasteiger partial charge on any atom is 0.186 e. The van der Waals surface area contributed by atoms with Gasteiger partial charge in [-0.1, -0.05) is 11.6 Å². The number of halogens is 1. The maximum atomic E-state index is 12.7. The molecule has 0 amide bonds. The first kappa shape index (κ1) is 16.4. The molecule has 0 aliphatic heterocycles. The molecule has 1 aromatic rings. The fourth-order valence-electron chi connectivity index (χ4n) is 2.87. The highest BCUT2D eigenvalue weighted by Crippen LogP contribution is 2.40. The Morgan fingerprint density at radius 2 is 1.81 bits per heavy atom. The molecule has 1 saturated carbocycles. The van der Waals surface area contributed by atoms with E-state index in [1.807, 2.05) is 14.1 Å². The molecule has 0 unspecified atom stereocenters. The summed E-state index contributed by atoms with van der Waals surface area (Å²) in [5.41, 5.74) is 5.63. The first-order chi connectivity index (χ1) is 9.75. The van der Waals surface area contributed by atoms with Gasteiger partial charge in [0.1, 0.15) is 4.90 Å². The molecule has 118 valence electrons. The lowest BCUT2D eigenvalue weighted by Crippen LogP contribution is -2.36. The van der Waals surface area contributed by atoms with Crippen LogP contribution < -0.4 is 5.73 Å². The summed E-state index contributed by atoms with van der Waals surface area (Å²) in [4.78, 5) is 1.89. The average molecular weight is 333 g/mol. The van der Waals surface area contributed by atoms with Crippen molar-refractivity contribution in [2.45, 2.75) is 41.9 Å². The van der Waals surface area contributed by atoms with Crippen LogP contribution in [-0.4, -0.2) is 43.8 Å². The highest BCUT2D eigenvalue weighted by Gasteiger charge is 2.36.